The Morgan fingerprint density at radius 1 is 1.50 bits per heavy atom. The first kappa shape index (κ1) is 14.6. The van der Waals surface area contributed by atoms with E-state index in [0.717, 1.165) is 18.7 Å². The van der Waals surface area contributed by atoms with Crippen LogP contribution in [0.15, 0.2) is 18.3 Å². The average molecular weight is 249 g/mol. The molecular weight excluding hydrogens is 226 g/mol. The van der Waals surface area contributed by atoms with Crippen molar-refractivity contribution in [1.82, 2.24) is 9.88 Å². The van der Waals surface area contributed by atoms with Crippen molar-refractivity contribution < 1.29 is 4.79 Å². The van der Waals surface area contributed by atoms with Crippen LogP contribution in [0.1, 0.15) is 36.3 Å². The summed E-state index contributed by atoms with van der Waals surface area (Å²) >= 11 is 0. The summed E-state index contributed by atoms with van der Waals surface area (Å²) in [6, 6.07) is 3.59. The number of pyridine rings is 1. The van der Waals surface area contributed by atoms with Crippen molar-refractivity contribution in [3.63, 3.8) is 0 Å². The van der Waals surface area contributed by atoms with E-state index in [1.165, 1.54) is 0 Å². The molecular formula is C14H23N3O. The van der Waals surface area contributed by atoms with Gasteiger partial charge >= 0.3 is 0 Å². The maximum absolute atomic E-state index is 12.2. The van der Waals surface area contributed by atoms with Crippen molar-refractivity contribution in [3.8, 4) is 0 Å². The van der Waals surface area contributed by atoms with Gasteiger partial charge in [0.2, 0.25) is 0 Å². The van der Waals surface area contributed by atoms with Gasteiger partial charge in [0.25, 0.3) is 5.91 Å². The van der Waals surface area contributed by atoms with Gasteiger partial charge in [-0.25, -0.2) is 0 Å². The molecule has 0 bridgehead atoms. The average Bonchev–Trinajstić information content (AvgIpc) is 2.35. The molecule has 0 saturated carbocycles. The van der Waals surface area contributed by atoms with Crippen molar-refractivity contribution in [2.24, 2.45) is 11.7 Å². The minimum absolute atomic E-state index is 0.0521. The smallest absolute Gasteiger partial charge is 0.253 e. The number of aromatic nitrogens is 1. The summed E-state index contributed by atoms with van der Waals surface area (Å²) in [4.78, 5) is 18.1. The van der Waals surface area contributed by atoms with Crippen LogP contribution in [0.25, 0.3) is 0 Å². The lowest BCUT2D eigenvalue weighted by Gasteiger charge is -2.18. The van der Waals surface area contributed by atoms with Crippen LogP contribution in [0, 0.1) is 5.92 Å². The molecule has 18 heavy (non-hydrogen) atoms. The number of carbonyl (C=O) groups is 1. The van der Waals surface area contributed by atoms with Crippen LogP contribution in [0.2, 0.25) is 0 Å². The van der Waals surface area contributed by atoms with Gasteiger partial charge in [0.1, 0.15) is 0 Å². The van der Waals surface area contributed by atoms with E-state index in [1.54, 1.807) is 17.2 Å². The highest BCUT2D eigenvalue weighted by Crippen LogP contribution is 2.08. The van der Waals surface area contributed by atoms with Gasteiger partial charge in [0.15, 0.2) is 0 Å². The van der Waals surface area contributed by atoms with Crippen molar-refractivity contribution in [1.29, 1.82) is 0 Å². The predicted octanol–water partition coefficient (Wildman–Crippen LogP) is 1.70. The lowest BCUT2D eigenvalue weighted by molar-refractivity contribution is 0.0789. The van der Waals surface area contributed by atoms with Gasteiger partial charge in [0.05, 0.1) is 0 Å². The second-order valence-electron chi connectivity index (χ2n) is 4.98. The lowest BCUT2D eigenvalue weighted by Crippen LogP contribution is -2.28. The molecule has 0 aliphatic rings. The number of hydrogen-bond donors (Lipinski definition) is 1. The first-order chi connectivity index (χ1) is 8.54. The summed E-state index contributed by atoms with van der Waals surface area (Å²) in [6.07, 6.45) is 3.40. The first-order valence-electron chi connectivity index (χ1n) is 6.45. The summed E-state index contributed by atoms with van der Waals surface area (Å²) in [7, 11) is 1.84. The topological polar surface area (TPSA) is 59.2 Å². The zero-order valence-electron chi connectivity index (χ0n) is 11.5. The number of nitrogens with two attached hydrogens (primary N) is 1. The molecule has 1 heterocycles. The number of carbonyl (C=O) groups excluding carboxylic acids is 1. The van der Waals surface area contributed by atoms with Crippen LogP contribution in [-0.2, 0) is 6.42 Å². The van der Waals surface area contributed by atoms with Crippen LogP contribution in [0.5, 0.6) is 0 Å². The fraction of sp³-hybridized carbons (Fsp3) is 0.571. The predicted molar refractivity (Wildman–Crippen MR) is 73.4 cm³/mol. The Kier molecular flexibility index (Phi) is 5.78. The quantitative estimate of drug-likeness (QED) is 0.834. The van der Waals surface area contributed by atoms with Gasteiger partial charge in [-0.3, -0.25) is 9.78 Å². The van der Waals surface area contributed by atoms with Gasteiger partial charge < -0.3 is 10.6 Å². The van der Waals surface area contributed by atoms with Gasteiger partial charge in [-0.15, -0.1) is 0 Å². The zero-order valence-corrected chi connectivity index (χ0v) is 11.5. The highest BCUT2D eigenvalue weighted by Gasteiger charge is 2.12. The number of rotatable bonds is 6. The molecule has 0 unspecified atom stereocenters. The van der Waals surface area contributed by atoms with Crippen LogP contribution < -0.4 is 5.73 Å². The largest absolute Gasteiger partial charge is 0.342 e. The Labute approximate surface area is 109 Å². The van der Waals surface area contributed by atoms with E-state index in [1.807, 2.05) is 13.1 Å². The molecule has 1 aromatic heterocycles. The third-order valence-corrected chi connectivity index (χ3v) is 2.85. The van der Waals surface area contributed by atoms with Crippen LogP contribution in [0.3, 0.4) is 0 Å². The minimum Gasteiger partial charge on any atom is -0.342 e. The van der Waals surface area contributed by atoms with E-state index in [2.05, 4.69) is 18.8 Å². The fourth-order valence-corrected chi connectivity index (χ4v) is 1.67. The highest BCUT2D eigenvalue weighted by molar-refractivity contribution is 5.94. The number of amides is 1. The normalized spacial score (nSPS) is 10.7. The molecule has 2 N–H and O–H groups in total. The Bertz CT molecular complexity index is 390. The summed E-state index contributed by atoms with van der Waals surface area (Å²) < 4.78 is 0. The minimum atomic E-state index is 0.0521. The molecule has 0 saturated heterocycles. The van der Waals surface area contributed by atoms with Crippen LogP contribution in [0.4, 0.5) is 0 Å². The fourth-order valence-electron chi connectivity index (χ4n) is 1.67. The van der Waals surface area contributed by atoms with E-state index in [9.17, 15) is 4.79 Å². The SMILES string of the molecule is CC(C)CCN(C)C(=O)c1ccnc(CCN)c1. The van der Waals surface area contributed by atoms with Crippen molar-refractivity contribution in [3.05, 3.63) is 29.6 Å². The molecule has 0 radical (unpaired) electrons. The van der Waals surface area contributed by atoms with Crippen molar-refractivity contribution in [2.75, 3.05) is 20.1 Å². The van der Waals surface area contributed by atoms with Gasteiger partial charge in [-0.1, -0.05) is 13.8 Å². The molecule has 100 valence electrons. The Hall–Kier alpha value is -1.42. The molecule has 0 fully saturated rings. The molecule has 0 aliphatic heterocycles. The maximum Gasteiger partial charge on any atom is 0.253 e. The van der Waals surface area contributed by atoms with Gasteiger partial charge in [-0.05, 0) is 31.0 Å². The van der Waals surface area contributed by atoms with Crippen molar-refractivity contribution >= 4 is 5.91 Å². The molecule has 0 aliphatic carbocycles. The molecule has 4 heteroatoms. The van der Waals surface area contributed by atoms with Crippen molar-refractivity contribution in [2.45, 2.75) is 26.7 Å². The Morgan fingerprint density at radius 3 is 2.83 bits per heavy atom. The molecule has 0 aromatic carbocycles. The van der Waals surface area contributed by atoms with Crippen LogP contribution in [-0.4, -0.2) is 35.9 Å². The first-order valence-corrected chi connectivity index (χ1v) is 6.45. The summed E-state index contributed by atoms with van der Waals surface area (Å²) in [5.74, 6) is 0.654. The second kappa shape index (κ2) is 7.11. The third-order valence-electron chi connectivity index (χ3n) is 2.85. The van der Waals surface area contributed by atoms with E-state index in [-0.39, 0.29) is 5.91 Å². The summed E-state index contributed by atoms with van der Waals surface area (Å²) in [5, 5.41) is 0. The van der Waals surface area contributed by atoms with E-state index < -0.39 is 0 Å². The molecule has 1 aromatic rings. The van der Waals surface area contributed by atoms with Gasteiger partial charge in [0, 0.05) is 37.5 Å². The molecule has 0 atom stereocenters. The summed E-state index contributed by atoms with van der Waals surface area (Å²) in [5.41, 5.74) is 7.06. The maximum atomic E-state index is 12.2. The monoisotopic (exact) mass is 249 g/mol. The number of nitrogens with zero attached hydrogens (tertiary/aromatic N) is 2. The van der Waals surface area contributed by atoms with E-state index in [4.69, 9.17) is 5.73 Å². The standard InChI is InChI=1S/C14H23N3O/c1-11(2)6-9-17(3)14(18)12-5-8-16-13(10-12)4-7-15/h5,8,10-11H,4,6-7,9,15H2,1-3H3. The summed E-state index contributed by atoms with van der Waals surface area (Å²) in [6.45, 7) is 5.65. The van der Waals surface area contributed by atoms with Crippen LogP contribution >= 0.6 is 0 Å². The highest BCUT2D eigenvalue weighted by atomic mass is 16.2. The Morgan fingerprint density at radius 2 is 2.22 bits per heavy atom. The molecule has 4 nitrogen and oxygen atoms in total. The molecule has 1 rings (SSSR count). The van der Waals surface area contributed by atoms with Gasteiger partial charge in [-0.2, -0.15) is 0 Å². The molecule has 1 amide bonds. The van der Waals surface area contributed by atoms with E-state index in [0.29, 0.717) is 24.4 Å². The van der Waals surface area contributed by atoms with E-state index >= 15 is 0 Å². The lowest BCUT2D eigenvalue weighted by atomic mass is 10.1. The second-order valence-corrected chi connectivity index (χ2v) is 4.98. The Balaban J connectivity index is 2.67. The third kappa shape index (κ3) is 4.45. The molecule has 0 spiro atoms. The number of hydrogen-bond acceptors (Lipinski definition) is 3. The zero-order chi connectivity index (χ0) is 13.5.